The Morgan fingerprint density at radius 3 is 2.97 bits per heavy atom. The summed E-state index contributed by atoms with van der Waals surface area (Å²) in [6.07, 6.45) is 1.15. The molecule has 5 rings (SSSR count). The van der Waals surface area contributed by atoms with Crippen LogP contribution in [0.15, 0.2) is 54.9 Å². The van der Waals surface area contributed by atoms with Gasteiger partial charge in [-0.05, 0) is 48.9 Å². The monoisotopic (exact) mass is 566 g/mol. The zero-order chi connectivity index (χ0) is 27.2. The molecular weight excluding hydrogens is 543 g/mol. The van der Waals surface area contributed by atoms with Gasteiger partial charge >= 0.3 is 6.16 Å². The van der Waals surface area contributed by atoms with Gasteiger partial charge in [-0.15, -0.1) is 11.3 Å². The third kappa shape index (κ3) is 6.95. The Morgan fingerprint density at radius 2 is 2.15 bits per heavy atom. The first kappa shape index (κ1) is 26.7. The van der Waals surface area contributed by atoms with Gasteiger partial charge in [0.2, 0.25) is 0 Å². The molecule has 2 N–H and O–H groups in total. The van der Waals surface area contributed by atoms with Crippen molar-refractivity contribution in [1.29, 1.82) is 0 Å². The summed E-state index contributed by atoms with van der Waals surface area (Å²) in [5, 5.41) is 6.95. The van der Waals surface area contributed by atoms with E-state index >= 15 is 0 Å². The first-order chi connectivity index (χ1) is 19.0. The number of nitrogens with one attached hydrogen (secondary N) is 2. The van der Waals surface area contributed by atoms with Crippen molar-refractivity contribution in [2.45, 2.75) is 32.1 Å². The average molecular weight is 567 g/mol. The molecule has 0 bridgehead atoms. The van der Waals surface area contributed by atoms with E-state index in [0.717, 1.165) is 20.8 Å². The summed E-state index contributed by atoms with van der Waals surface area (Å²) in [4.78, 5) is 21.1. The van der Waals surface area contributed by atoms with Crippen LogP contribution < -0.4 is 15.4 Å². The molecule has 1 fully saturated rings. The highest BCUT2D eigenvalue weighted by molar-refractivity contribution is 7.20. The lowest BCUT2D eigenvalue weighted by molar-refractivity contribution is 0.0323. The Labute approximate surface area is 233 Å². The lowest BCUT2D eigenvalue weighted by Crippen LogP contribution is -2.22. The molecule has 200 valence electrons. The van der Waals surface area contributed by atoms with Gasteiger partial charge in [0.15, 0.2) is 5.82 Å². The average Bonchev–Trinajstić information content (AvgIpc) is 3.54. The molecule has 0 saturated carbocycles. The van der Waals surface area contributed by atoms with E-state index in [1.807, 2.05) is 12.1 Å². The number of hydrogen-bond acceptors (Lipinski definition) is 9. The maximum Gasteiger partial charge on any atom is 0.508 e. The molecule has 0 amide bonds. The van der Waals surface area contributed by atoms with Gasteiger partial charge in [-0.1, -0.05) is 35.6 Å². The van der Waals surface area contributed by atoms with Gasteiger partial charge in [0, 0.05) is 18.7 Å². The second-order valence-electron chi connectivity index (χ2n) is 8.62. The molecule has 2 aromatic heterocycles. The van der Waals surface area contributed by atoms with Crippen LogP contribution in [0.3, 0.4) is 0 Å². The standard InChI is InChI=1S/C28H24ClFN4O4S/c1-2-36-28(35)38-21-11-19(31-14-21)6-8-22-13-24-26(39-22)27(33-16-32-24)34-20-7-9-25(23(29)12-20)37-15-17-4-3-5-18(30)10-17/h3-5,7,9-10,12-13,16,19,21,31H,2,11,14-15H2,1H3,(H,32,33,34)/t19-,21-/m1/s1. The molecule has 11 heteroatoms. The molecule has 0 radical (unpaired) electrons. The molecule has 39 heavy (non-hydrogen) atoms. The van der Waals surface area contributed by atoms with Gasteiger partial charge in [-0.25, -0.2) is 19.2 Å². The molecule has 1 saturated heterocycles. The minimum absolute atomic E-state index is 0.0953. The van der Waals surface area contributed by atoms with E-state index in [2.05, 4.69) is 32.4 Å². The summed E-state index contributed by atoms with van der Waals surface area (Å²) in [5.41, 5.74) is 2.20. The predicted octanol–water partition coefficient (Wildman–Crippen LogP) is 6.06. The van der Waals surface area contributed by atoms with Gasteiger partial charge in [-0.2, -0.15) is 0 Å². The minimum Gasteiger partial charge on any atom is -0.487 e. The normalized spacial score (nSPS) is 16.4. The zero-order valence-corrected chi connectivity index (χ0v) is 22.4. The number of nitrogens with zero attached hydrogens (tertiary/aromatic N) is 2. The van der Waals surface area contributed by atoms with Gasteiger partial charge in [0.25, 0.3) is 0 Å². The maximum absolute atomic E-state index is 13.4. The van der Waals surface area contributed by atoms with Crippen LogP contribution in [0.1, 0.15) is 23.8 Å². The van der Waals surface area contributed by atoms with Gasteiger partial charge in [0.1, 0.15) is 30.6 Å². The van der Waals surface area contributed by atoms with E-state index in [1.165, 1.54) is 29.8 Å². The quantitative estimate of drug-likeness (QED) is 0.206. The lowest BCUT2D eigenvalue weighted by atomic mass is 10.2. The van der Waals surface area contributed by atoms with Gasteiger partial charge in [-0.3, -0.25) is 5.32 Å². The summed E-state index contributed by atoms with van der Waals surface area (Å²) in [6, 6.07) is 13.4. The van der Waals surface area contributed by atoms with Crippen LogP contribution in [0.4, 0.5) is 20.7 Å². The number of ether oxygens (including phenoxy) is 3. The van der Waals surface area contributed by atoms with E-state index in [1.54, 1.807) is 31.2 Å². The molecule has 0 unspecified atom stereocenters. The van der Waals surface area contributed by atoms with Crippen LogP contribution in [-0.4, -0.2) is 41.4 Å². The van der Waals surface area contributed by atoms with Crippen molar-refractivity contribution in [3.8, 4) is 17.6 Å². The largest absolute Gasteiger partial charge is 0.508 e. The Bertz CT molecular complexity index is 1550. The minimum atomic E-state index is -0.659. The number of anilines is 2. The van der Waals surface area contributed by atoms with Crippen molar-refractivity contribution in [1.82, 2.24) is 15.3 Å². The van der Waals surface area contributed by atoms with Crippen molar-refractivity contribution in [2.24, 2.45) is 0 Å². The fourth-order valence-corrected chi connectivity index (χ4v) is 5.13. The number of rotatable bonds is 7. The molecule has 2 aromatic carbocycles. The second kappa shape index (κ2) is 12.3. The van der Waals surface area contributed by atoms with E-state index in [9.17, 15) is 9.18 Å². The highest BCUT2D eigenvalue weighted by Crippen LogP contribution is 2.33. The van der Waals surface area contributed by atoms with Crippen LogP contribution in [0, 0.1) is 17.7 Å². The summed E-state index contributed by atoms with van der Waals surface area (Å²) in [5.74, 6) is 7.20. The molecule has 1 aliphatic rings. The first-order valence-electron chi connectivity index (χ1n) is 12.2. The summed E-state index contributed by atoms with van der Waals surface area (Å²) >= 11 is 7.92. The SMILES string of the molecule is CCOC(=O)O[C@H]1CN[C@H](C#Cc2cc3ncnc(Nc4ccc(OCc5cccc(F)c5)c(Cl)c4)c3s2)C1. The number of carbonyl (C=O) groups excluding carboxylic acids is 1. The number of carbonyl (C=O) groups is 1. The summed E-state index contributed by atoms with van der Waals surface area (Å²) in [7, 11) is 0. The van der Waals surface area contributed by atoms with Gasteiger partial charge < -0.3 is 19.5 Å². The number of thiophene rings is 1. The van der Waals surface area contributed by atoms with E-state index < -0.39 is 6.16 Å². The van der Waals surface area contributed by atoms with E-state index in [0.29, 0.717) is 35.1 Å². The third-order valence-corrected chi connectivity index (χ3v) is 7.12. The Balaban J connectivity index is 1.24. The summed E-state index contributed by atoms with van der Waals surface area (Å²) in [6.45, 7) is 2.74. The topological polar surface area (TPSA) is 94.6 Å². The smallest absolute Gasteiger partial charge is 0.487 e. The van der Waals surface area contributed by atoms with Crippen molar-refractivity contribution in [3.63, 3.8) is 0 Å². The number of hydrogen-bond donors (Lipinski definition) is 2. The zero-order valence-electron chi connectivity index (χ0n) is 20.9. The molecule has 8 nitrogen and oxygen atoms in total. The van der Waals surface area contributed by atoms with Crippen molar-refractivity contribution in [3.05, 3.63) is 76.1 Å². The van der Waals surface area contributed by atoms with Crippen LogP contribution in [0.5, 0.6) is 5.75 Å². The number of fused-ring (bicyclic) bond motifs is 1. The number of benzene rings is 2. The van der Waals surface area contributed by atoms with Crippen LogP contribution in [0.2, 0.25) is 5.02 Å². The predicted molar refractivity (Wildman–Crippen MR) is 148 cm³/mol. The number of halogens is 2. The molecule has 0 spiro atoms. The molecular formula is C28H24ClFN4O4S. The Kier molecular flexibility index (Phi) is 8.42. The third-order valence-electron chi connectivity index (χ3n) is 5.77. The maximum atomic E-state index is 13.4. The summed E-state index contributed by atoms with van der Waals surface area (Å²) < 4.78 is 30.1. The molecule has 0 aliphatic carbocycles. The highest BCUT2D eigenvalue weighted by atomic mass is 35.5. The van der Waals surface area contributed by atoms with Crippen molar-refractivity contribution >= 4 is 50.8 Å². The van der Waals surface area contributed by atoms with Gasteiger partial charge in [0.05, 0.1) is 32.8 Å². The second-order valence-corrected chi connectivity index (χ2v) is 10.1. The van der Waals surface area contributed by atoms with Crippen molar-refractivity contribution < 1.29 is 23.4 Å². The van der Waals surface area contributed by atoms with Crippen LogP contribution in [0.25, 0.3) is 10.2 Å². The fourth-order valence-electron chi connectivity index (χ4n) is 3.97. The molecule has 1 aliphatic heterocycles. The highest BCUT2D eigenvalue weighted by Gasteiger charge is 2.26. The van der Waals surface area contributed by atoms with E-state index in [-0.39, 0.29) is 31.2 Å². The molecule has 3 heterocycles. The first-order valence-corrected chi connectivity index (χ1v) is 13.4. The van der Waals surface area contributed by atoms with Crippen molar-refractivity contribution in [2.75, 3.05) is 18.5 Å². The molecule has 4 aromatic rings. The lowest BCUT2D eigenvalue weighted by Gasteiger charge is -2.11. The number of aromatic nitrogens is 2. The fraction of sp³-hybridized carbons (Fsp3) is 0.250. The van der Waals surface area contributed by atoms with Crippen LogP contribution >= 0.6 is 22.9 Å². The molecule has 2 atom stereocenters. The Morgan fingerprint density at radius 1 is 1.26 bits per heavy atom. The van der Waals surface area contributed by atoms with Crippen LogP contribution in [-0.2, 0) is 16.1 Å². The Hall–Kier alpha value is -3.91. The van der Waals surface area contributed by atoms with E-state index in [4.69, 9.17) is 25.8 Å².